The number of hydrogen-bond donors (Lipinski definition) is 0. The summed E-state index contributed by atoms with van der Waals surface area (Å²) in [6.07, 6.45) is 2.23. The van der Waals surface area contributed by atoms with Crippen molar-refractivity contribution in [2.45, 2.75) is 23.7 Å². The molecule has 3 nitrogen and oxygen atoms in total. The molecule has 14 heavy (non-hydrogen) atoms. The SMILES string of the molecule is C/C=C/C(C)OC(=O)OCC(Cl)(Cl)Cl. The molecule has 0 aromatic rings. The zero-order valence-electron chi connectivity index (χ0n) is 7.80. The molecule has 0 aliphatic carbocycles. The molecule has 0 saturated heterocycles. The van der Waals surface area contributed by atoms with Crippen LogP contribution in [-0.2, 0) is 9.47 Å². The summed E-state index contributed by atoms with van der Waals surface area (Å²) < 4.78 is 7.69. The maximum absolute atomic E-state index is 10.9. The zero-order valence-corrected chi connectivity index (χ0v) is 10.1. The van der Waals surface area contributed by atoms with E-state index in [1.165, 1.54) is 0 Å². The Hall–Kier alpha value is -0.120. The van der Waals surface area contributed by atoms with E-state index in [2.05, 4.69) is 4.74 Å². The van der Waals surface area contributed by atoms with Crippen molar-refractivity contribution < 1.29 is 14.3 Å². The van der Waals surface area contributed by atoms with Gasteiger partial charge in [0.2, 0.25) is 3.79 Å². The molecule has 0 amide bonds. The third-order valence-corrected chi connectivity index (χ3v) is 1.43. The van der Waals surface area contributed by atoms with Crippen LogP contribution in [0.25, 0.3) is 0 Å². The van der Waals surface area contributed by atoms with Crippen LogP contribution in [0.1, 0.15) is 13.8 Å². The first kappa shape index (κ1) is 13.9. The Kier molecular flexibility index (Phi) is 6.33. The van der Waals surface area contributed by atoms with E-state index in [9.17, 15) is 4.79 Å². The molecular weight excluding hydrogens is 250 g/mol. The van der Waals surface area contributed by atoms with Gasteiger partial charge in [0.05, 0.1) is 0 Å². The lowest BCUT2D eigenvalue weighted by molar-refractivity contribution is 0.0431. The van der Waals surface area contributed by atoms with Crippen LogP contribution in [0, 0.1) is 0 Å². The van der Waals surface area contributed by atoms with Gasteiger partial charge in [0, 0.05) is 0 Å². The first-order valence-corrected chi connectivity index (χ1v) is 5.01. The van der Waals surface area contributed by atoms with Gasteiger partial charge in [-0.1, -0.05) is 40.9 Å². The number of rotatable bonds is 3. The van der Waals surface area contributed by atoms with E-state index in [0.29, 0.717) is 0 Å². The standard InChI is InChI=1S/C8H11Cl3O3/c1-3-4-6(2)14-7(12)13-5-8(9,10)11/h3-4,6H,5H2,1-2H3/b4-3+. The van der Waals surface area contributed by atoms with Gasteiger partial charge in [0.15, 0.2) is 0 Å². The molecule has 0 fully saturated rings. The maximum atomic E-state index is 10.9. The molecule has 0 aliphatic rings. The summed E-state index contributed by atoms with van der Waals surface area (Å²) in [7, 11) is 0. The lowest BCUT2D eigenvalue weighted by atomic mass is 10.4. The summed E-state index contributed by atoms with van der Waals surface area (Å²) in [6, 6.07) is 0. The first-order valence-electron chi connectivity index (χ1n) is 3.88. The Labute approximate surface area is 97.9 Å². The lowest BCUT2D eigenvalue weighted by Gasteiger charge is -2.13. The van der Waals surface area contributed by atoms with E-state index in [4.69, 9.17) is 39.5 Å². The van der Waals surface area contributed by atoms with E-state index in [1.54, 1.807) is 19.1 Å². The second-order valence-electron chi connectivity index (χ2n) is 2.50. The predicted octanol–water partition coefficient (Wildman–Crippen LogP) is 3.47. The van der Waals surface area contributed by atoms with Crippen molar-refractivity contribution in [2.24, 2.45) is 0 Å². The van der Waals surface area contributed by atoms with Crippen LogP contribution in [-0.4, -0.2) is 22.7 Å². The van der Waals surface area contributed by atoms with Gasteiger partial charge >= 0.3 is 6.16 Å². The number of alkyl halides is 3. The molecule has 82 valence electrons. The van der Waals surface area contributed by atoms with Crippen LogP contribution in [0.2, 0.25) is 0 Å². The molecule has 0 bridgehead atoms. The Morgan fingerprint density at radius 3 is 2.50 bits per heavy atom. The highest BCUT2D eigenvalue weighted by atomic mass is 35.6. The van der Waals surface area contributed by atoms with Gasteiger partial charge in [-0.05, 0) is 19.9 Å². The Balaban J connectivity index is 3.77. The summed E-state index contributed by atoms with van der Waals surface area (Å²) in [5.41, 5.74) is 0. The maximum Gasteiger partial charge on any atom is 0.509 e. The topological polar surface area (TPSA) is 35.5 Å². The number of carbonyl (C=O) groups is 1. The van der Waals surface area contributed by atoms with E-state index in [0.717, 1.165) is 0 Å². The van der Waals surface area contributed by atoms with E-state index < -0.39 is 9.95 Å². The number of allylic oxidation sites excluding steroid dienone is 1. The fraction of sp³-hybridized carbons (Fsp3) is 0.625. The molecule has 0 heterocycles. The Bertz CT molecular complexity index is 210. The van der Waals surface area contributed by atoms with Crippen molar-refractivity contribution in [3.8, 4) is 0 Å². The quantitative estimate of drug-likeness (QED) is 0.443. The molecule has 0 N–H and O–H groups in total. The van der Waals surface area contributed by atoms with Crippen LogP contribution >= 0.6 is 34.8 Å². The van der Waals surface area contributed by atoms with Gasteiger partial charge in [-0.2, -0.15) is 0 Å². The molecule has 0 aromatic heterocycles. The molecule has 0 spiro atoms. The second-order valence-corrected chi connectivity index (χ2v) is 5.02. The minimum atomic E-state index is -1.61. The van der Waals surface area contributed by atoms with Crippen molar-refractivity contribution in [1.82, 2.24) is 0 Å². The molecule has 0 rings (SSSR count). The Morgan fingerprint density at radius 1 is 1.50 bits per heavy atom. The van der Waals surface area contributed by atoms with Crippen molar-refractivity contribution >= 4 is 41.0 Å². The van der Waals surface area contributed by atoms with Crippen molar-refractivity contribution in [1.29, 1.82) is 0 Å². The Morgan fingerprint density at radius 2 is 2.07 bits per heavy atom. The van der Waals surface area contributed by atoms with E-state index >= 15 is 0 Å². The number of hydrogen-bond acceptors (Lipinski definition) is 3. The number of ether oxygens (including phenoxy) is 2. The van der Waals surface area contributed by atoms with Gasteiger partial charge in [-0.25, -0.2) is 4.79 Å². The van der Waals surface area contributed by atoms with E-state index in [1.807, 2.05) is 6.92 Å². The highest BCUT2D eigenvalue weighted by molar-refractivity contribution is 6.67. The average Bonchev–Trinajstić information content (AvgIpc) is 2.00. The summed E-state index contributed by atoms with van der Waals surface area (Å²) >= 11 is 16.1. The molecule has 1 atom stereocenters. The second kappa shape index (κ2) is 6.38. The average molecular weight is 262 g/mol. The molecule has 0 aliphatic heterocycles. The summed E-state index contributed by atoms with van der Waals surface area (Å²) in [5, 5.41) is 0. The number of carbonyl (C=O) groups excluding carboxylic acids is 1. The molecule has 0 radical (unpaired) electrons. The van der Waals surface area contributed by atoms with Gasteiger partial charge < -0.3 is 9.47 Å². The van der Waals surface area contributed by atoms with E-state index in [-0.39, 0.29) is 12.7 Å². The number of halogens is 3. The third kappa shape index (κ3) is 8.48. The molecule has 0 saturated carbocycles. The lowest BCUT2D eigenvalue weighted by Crippen LogP contribution is -2.20. The minimum Gasteiger partial charge on any atom is -0.430 e. The zero-order chi connectivity index (χ0) is 11.2. The highest BCUT2D eigenvalue weighted by Crippen LogP contribution is 2.26. The highest BCUT2D eigenvalue weighted by Gasteiger charge is 2.23. The normalized spacial score (nSPS) is 14.1. The van der Waals surface area contributed by atoms with Crippen LogP contribution in [0.15, 0.2) is 12.2 Å². The minimum absolute atomic E-state index is 0.334. The summed E-state index contributed by atoms with van der Waals surface area (Å²) in [6.45, 7) is 3.17. The third-order valence-electron chi connectivity index (χ3n) is 1.10. The van der Waals surface area contributed by atoms with Gasteiger partial charge in [0.1, 0.15) is 12.7 Å². The largest absolute Gasteiger partial charge is 0.509 e. The monoisotopic (exact) mass is 260 g/mol. The van der Waals surface area contributed by atoms with Crippen molar-refractivity contribution in [3.63, 3.8) is 0 Å². The van der Waals surface area contributed by atoms with Crippen molar-refractivity contribution in [3.05, 3.63) is 12.2 Å². The first-order chi connectivity index (χ1) is 6.35. The predicted molar refractivity (Wildman–Crippen MR) is 57.0 cm³/mol. The van der Waals surface area contributed by atoms with Crippen LogP contribution in [0.3, 0.4) is 0 Å². The van der Waals surface area contributed by atoms with Gasteiger partial charge in [0.25, 0.3) is 0 Å². The van der Waals surface area contributed by atoms with Gasteiger partial charge in [-0.15, -0.1) is 0 Å². The molecule has 0 aromatic carbocycles. The van der Waals surface area contributed by atoms with Crippen LogP contribution in [0.4, 0.5) is 4.79 Å². The smallest absolute Gasteiger partial charge is 0.430 e. The molecular formula is C8H11Cl3O3. The fourth-order valence-corrected chi connectivity index (χ4v) is 0.801. The van der Waals surface area contributed by atoms with Crippen molar-refractivity contribution in [2.75, 3.05) is 6.61 Å². The van der Waals surface area contributed by atoms with Crippen LogP contribution < -0.4 is 0 Å². The fourth-order valence-electron chi connectivity index (χ4n) is 0.637. The summed E-state index contributed by atoms with van der Waals surface area (Å²) in [5.74, 6) is 0. The van der Waals surface area contributed by atoms with Gasteiger partial charge in [-0.3, -0.25) is 0 Å². The molecule has 6 heteroatoms. The van der Waals surface area contributed by atoms with Crippen LogP contribution in [0.5, 0.6) is 0 Å². The summed E-state index contributed by atoms with van der Waals surface area (Å²) in [4.78, 5) is 10.9. The molecule has 1 unspecified atom stereocenters.